The summed E-state index contributed by atoms with van der Waals surface area (Å²) in [5.41, 5.74) is 0.964. The van der Waals surface area contributed by atoms with Gasteiger partial charge in [0.05, 0.1) is 24.8 Å². The zero-order valence-corrected chi connectivity index (χ0v) is 22.3. The number of halogens is 1. The minimum absolute atomic E-state index is 0.0222. The highest BCUT2D eigenvalue weighted by molar-refractivity contribution is 6.02. The van der Waals surface area contributed by atoms with Gasteiger partial charge in [-0.2, -0.15) is 0 Å². The minimum atomic E-state index is -0.569. The van der Waals surface area contributed by atoms with E-state index in [9.17, 15) is 23.9 Å². The van der Waals surface area contributed by atoms with Crippen LogP contribution in [0.2, 0.25) is 0 Å². The Morgan fingerprint density at radius 3 is 2.39 bits per heavy atom. The second-order valence-electron chi connectivity index (χ2n) is 9.90. The van der Waals surface area contributed by atoms with Gasteiger partial charge in [-0.15, -0.1) is 0 Å². The third-order valence-electron chi connectivity index (χ3n) is 6.24. The van der Waals surface area contributed by atoms with Gasteiger partial charge in [-0.3, -0.25) is 4.79 Å². The van der Waals surface area contributed by atoms with E-state index in [-0.39, 0.29) is 42.6 Å². The highest BCUT2D eigenvalue weighted by Crippen LogP contribution is 2.30. The summed E-state index contributed by atoms with van der Waals surface area (Å²) in [5.74, 6) is -0.615. The molecule has 0 fully saturated rings. The lowest BCUT2D eigenvalue weighted by Crippen LogP contribution is -2.51. The average Bonchev–Trinajstić information content (AvgIpc) is 2.86. The Bertz CT molecular complexity index is 1140. The van der Waals surface area contributed by atoms with Crippen molar-refractivity contribution in [3.8, 4) is 5.75 Å². The fourth-order valence-corrected chi connectivity index (χ4v) is 4.05. The molecule has 206 valence electrons. The SMILES string of the molecule is CC(C)NC(=O)N(C)C[C@H]1Oc2ccc(NC(=O)Nc3ccc(F)cc3)cc2C(=O)N([C@H](C)CO)C[C@@H]1C. The molecule has 38 heavy (non-hydrogen) atoms. The van der Waals surface area contributed by atoms with Crippen molar-refractivity contribution in [3.05, 3.63) is 53.8 Å². The fraction of sp³-hybridized carbons (Fsp3) is 0.444. The standard InChI is InChI=1S/C27H36FN5O5/c1-16(2)29-27(37)32(5)14-24-17(3)13-33(18(4)15-34)25(35)22-12-21(10-11-23(22)38-24)31-26(36)30-20-8-6-19(28)7-9-20/h6-12,16-18,24,34H,13-15H2,1-5H3,(H,29,37)(H2,30,31,36)/t17-,18+,24+/m0/s1. The third-order valence-corrected chi connectivity index (χ3v) is 6.24. The topological polar surface area (TPSA) is 123 Å². The van der Waals surface area contributed by atoms with Crippen LogP contribution < -0.4 is 20.7 Å². The van der Waals surface area contributed by atoms with Crippen molar-refractivity contribution in [1.82, 2.24) is 15.1 Å². The summed E-state index contributed by atoms with van der Waals surface area (Å²) in [6.07, 6.45) is -0.446. The number of fused-ring (bicyclic) bond motifs is 1. The van der Waals surface area contributed by atoms with Crippen molar-refractivity contribution in [3.63, 3.8) is 0 Å². The van der Waals surface area contributed by atoms with Gasteiger partial charge in [0.2, 0.25) is 0 Å². The van der Waals surface area contributed by atoms with E-state index in [1.807, 2.05) is 20.8 Å². The van der Waals surface area contributed by atoms with Crippen molar-refractivity contribution < 1.29 is 28.6 Å². The van der Waals surface area contributed by atoms with Crippen molar-refractivity contribution >= 4 is 29.3 Å². The Labute approximate surface area is 222 Å². The molecule has 0 aromatic heterocycles. The molecule has 4 N–H and O–H groups in total. The molecule has 0 saturated heterocycles. The largest absolute Gasteiger partial charge is 0.487 e. The van der Waals surface area contributed by atoms with Crippen LogP contribution in [0.5, 0.6) is 5.75 Å². The monoisotopic (exact) mass is 529 g/mol. The van der Waals surface area contributed by atoms with Crippen LogP contribution in [0.4, 0.5) is 25.4 Å². The van der Waals surface area contributed by atoms with Crippen molar-refractivity contribution in [2.75, 3.05) is 37.4 Å². The summed E-state index contributed by atoms with van der Waals surface area (Å²) in [6.45, 7) is 7.78. The van der Waals surface area contributed by atoms with E-state index in [0.29, 0.717) is 23.7 Å². The Morgan fingerprint density at radius 1 is 1.13 bits per heavy atom. The molecule has 2 aromatic rings. The van der Waals surface area contributed by atoms with Crippen LogP contribution in [0.3, 0.4) is 0 Å². The van der Waals surface area contributed by atoms with Gasteiger partial charge in [-0.1, -0.05) is 6.92 Å². The minimum Gasteiger partial charge on any atom is -0.487 e. The molecule has 0 unspecified atom stereocenters. The summed E-state index contributed by atoms with van der Waals surface area (Å²) in [4.78, 5) is 41.7. The average molecular weight is 530 g/mol. The summed E-state index contributed by atoms with van der Waals surface area (Å²) < 4.78 is 19.4. The zero-order valence-electron chi connectivity index (χ0n) is 22.3. The number of hydrogen-bond donors (Lipinski definition) is 4. The Hall–Kier alpha value is -3.86. The quantitative estimate of drug-likeness (QED) is 0.435. The van der Waals surface area contributed by atoms with Gasteiger partial charge in [0, 0.05) is 36.9 Å². The van der Waals surface area contributed by atoms with E-state index < -0.39 is 24.0 Å². The lowest BCUT2D eigenvalue weighted by Gasteiger charge is -2.38. The van der Waals surface area contributed by atoms with Gasteiger partial charge in [0.1, 0.15) is 17.7 Å². The van der Waals surface area contributed by atoms with Gasteiger partial charge in [0.15, 0.2) is 0 Å². The molecule has 0 bridgehead atoms. The summed E-state index contributed by atoms with van der Waals surface area (Å²) in [7, 11) is 1.68. The molecule has 1 aliphatic rings. The van der Waals surface area contributed by atoms with Gasteiger partial charge in [-0.25, -0.2) is 14.0 Å². The van der Waals surface area contributed by atoms with Gasteiger partial charge >= 0.3 is 12.1 Å². The Kier molecular flexibility index (Phi) is 9.51. The second kappa shape index (κ2) is 12.6. The third kappa shape index (κ3) is 7.34. The molecular formula is C27H36FN5O5. The highest BCUT2D eigenvalue weighted by Gasteiger charge is 2.34. The summed E-state index contributed by atoms with van der Waals surface area (Å²) >= 11 is 0. The maximum Gasteiger partial charge on any atom is 0.323 e. The van der Waals surface area contributed by atoms with Crippen LogP contribution in [0.15, 0.2) is 42.5 Å². The molecule has 0 radical (unpaired) electrons. The highest BCUT2D eigenvalue weighted by atomic mass is 19.1. The van der Waals surface area contributed by atoms with Crippen molar-refractivity contribution in [1.29, 1.82) is 0 Å². The van der Waals surface area contributed by atoms with Crippen LogP contribution >= 0.6 is 0 Å². The molecule has 2 aromatic carbocycles. The Morgan fingerprint density at radius 2 is 1.76 bits per heavy atom. The number of carbonyl (C=O) groups is 3. The first-order chi connectivity index (χ1) is 18.0. The Balaban J connectivity index is 1.86. The van der Waals surface area contributed by atoms with E-state index in [2.05, 4.69) is 16.0 Å². The number of likely N-dealkylation sites (N-methyl/N-ethyl adjacent to an activating group) is 1. The van der Waals surface area contributed by atoms with Gasteiger partial charge in [0.25, 0.3) is 5.91 Å². The first-order valence-electron chi connectivity index (χ1n) is 12.6. The van der Waals surface area contributed by atoms with E-state index in [1.54, 1.807) is 35.9 Å². The molecule has 3 atom stereocenters. The number of nitrogens with one attached hydrogen (secondary N) is 3. The summed E-state index contributed by atoms with van der Waals surface area (Å²) in [6, 6.07) is 8.76. The maximum absolute atomic E-state index is 13.6. The second-order valence-corrected chi connectivity index (χ2v) is 9.90. The molecule has 10 nitrogen and oxygen atoms in total. The van der Waals surface area contributed by atoms with Gasteiger partial charge < -0.3 is 35.6 Å². The number of hydrogen-bond acceptors (Lipinski definition) is 5. The lowest BCUT2D eigenvalue weighted by molar-refractivity contribution is 0.0366. The normalized spacial score (nSPS) is 18.0. The number of urea groups is 2. The molecule has 5 amide bonds. The molecule has 3 rings (SSSR count). The number of nitrogens with zero attached hydrogens (tertiary/aromatic N) is 2. The van der Waals surface area contributed by atoms with Crippen LogP contribution in [-0.4, -0.2) is 77.8 Å². The van der Waals surface area contributed by atoms with Crippen molar-refractivity contribution in [2.24, 2.45) is 5.92 Å². The molecule has 0 aliphatic carbocycles. The number of aliphatic hydroxyl groups excluding tert-OH is 1. The molecule has 1 heterocycles. The lowest BCUT2D eigenvalue weighted by atomic mass is 9.99. The van der Waals surface area contributed by atoms with E-state index >= 15 is 0 Å². The zero-order chi connectivity index (χ0) is 28.0. The van der Waals surface area contributed by atoms with Gasteiger partial charge in [-0.05, 0) is 63.2 Å². The van der Waals surface area contributed by atoms with E-state index in [0.717, 1.165) is 0 Å². The number of rotatable bonds is 7. The predicted octanol–water partition coefficient (Wildman–Crippen LogP) is 3.74. The first-order valence-corrected chi connectivity index (χ1v) is 12.6. The number of aliphatic hydroxyl groups is 1. The van der Waals surface area contributed by atoms with E-state index in [4.69, 9.17) is 4.74 Å². The molecule has 0 spiro atoms. The smallest absolute Gasteiger partial charge is 0.323 e. The first kappa shape index (κ1) is 28.7. The molecule has 1 aliphatic heterocycles. The maximum atomic E-state index is 13.6. The number of benzene rings is 2. The number of ether oxygens (including phenoxy) is 1. The summed E-state index contributed by atoms with van der Waals surface area (Å²) in [5, 5.41) is 18.0. The molecular weight excluding hydrogens is 493 g/mol. The molecule has 0 saturated carbocycles. The van der Waals surface area contributed by atoms with Crippen LogP contribution in [0.1, 0.15) is 38.1 Å². The van der Waals surface area contributed by atoms with Crippen LogP contribution in [0.25, 0.3) is 0 Å². The number of carbonyl (C=O) groups excluding carboxylic acids is 3. The van der Waals surface area contributed by atoms with Crippen LogP contribution in [-0.2, 0) is 0 Å². The molecule has 11 heteroatoms. The predicted molar refractivity (Wildman–Crippen MR) is 143 cm³/mol. The number of anilines is 2. The fourth-order valence-electron chi connectivity index (χ4n) is 4.05. The van der Waals surface area contributed by atoms with E-state index in [1.165, 1.54) is 30.3 Å². The number of amides is 5. The van der Waals surface area contributed by atoms with Crippen molar-refractivity contribution in [2.45, 2.75) is 45.9 Å². The van der Waals surface area contributed by atoms with Crippen LogP contribution in [0, 0.1) is 11.7 Å².